The molecule has 14 heavy (non-hydrogen) atoms. The third-order valence-electron chi connectivity index (χ3n) is 1.89. The summed E-state index contributed by atoms with van der Waals surface area (Å²) in [5.41, 5.74) is 1.04. The summed E-state index contributed by atoms with van der Waals surface area (Å²) in [5.74, 6) is -0.645. The van der Waals surface area contributed by atoms with E-state index in [9.17, 15) is 4.39 Å². The average molecular weight is 196 g/mol. The minimum atomic E-state index is -1.62. The zero-order chi connectivity index (χ0) is 10.8. The van der Waals surface area contributed by atoms with Crippen molar-refractivity contribution in [1.29, 1.82) is 0 Å². The summed E-state index contributed by atoms with van der Waals surface area (Å²) in [6, 6.07) is 7.56. The molecule has 0 aromatic heterocycles. The Hall–Kier alpha value is -1.05. The molecule has 0 aliphatic carbocycles. The molecule has 0 amide bonds. The maximum absolute atomic E-state index is 13.3. The van der Waals surface area contributed by atoms with Gasteiger partial charge in [-0.05, 0) is 17.5 Å². The van der Waals surface area contributed by atoms with Crippen molar-refractivity contribution in [2.45, 2.75) is 39.5 Å². The first-order chi connectivity index (χ1) is 6.40. The quantitative estimate of drug-likeness (QED) is 0.712. The van der Waals surface area contributed by atoms with Gasteiger partial charge in [0.2, 0.25) is 5.85 Å². The zero-order valence-corrected chi connectivity index (χ0v) is 9.17. The number of para-hydroxylation sites is 1. The van der Waals surface area contributed by atoms with Crippen molar-refractivity contribution in [3.05, 3.63) is 29.8 Å². The Bertz CT molecular complexity index is 299. The first-order valence-corrected chi connectivity index (χ1v) is 4.87. The summed E-state index contributed by atoms with van der Waals surface area (Å²) < 4.78 is 18.5. The molecule has 0 bridgehead atoms. The van der Waals surface area contributed by atoms with Crippen LogP contribution in [-0.4, -0.2) is 5.85 Å². The number of halogens is 1. The highest BCUT2D eigenvalue weighted by atomic mass is 19.2. The average Bonchev–Trinajstić information content (AvgIpc) is 2.01. The maximum Gasteiger partial charge on any atom is 0.242 e. The molecule has 1 aromatic rings. The molecule has 1 rings (SSSR count). The summed E-state index contributed by atoms with van der Waals surface area (Å²) >= 11 is 0. The van der Waals surface area contributed by atoms with Gasteiger partial charge < -0.3 is 4.74 Å². The van der Waals surface area contributed by atoms with Crippen LogP contribution in [0.1, 0.15) is 39.2 Å². The van der Waals surface area contributed by atoms with Gasteiger partial charge in [0.25, 0.3) is 0 Å². The standard InChI is InChI=1S/C12H17FO/c1-9(2)10-7-5-6-8-11(10)14-12(3,4)13/h5-9H,1-4H3. The second-order valence-corrected chi connectivity index (χ2v) is 4.16. The molecule has 0 saturated carbocycles. The molecule has 0 atom stereocenters. The van der Waals surface area contributed by atoms with Crippen LogP contribution in [0.15, 0.2) is 24.3 Å². The molecule has 0 N–H and O–H groups in total. The Labute approximate surface area is 84.9 Å². The molecule has 0 unspecified atom stereocenters. The van der Waals surface area contributed by atoms with Crippen LogP contribution in [0, 0.1) is 0 Å². The first kappa shape index (κ1) is 11.0. The second-order valence-electron chi connectivity index (χ2n) is 4.16. The number of hydrogen-bond donors (Lipinski definition) is 0. The predicted octanol–water partition coefficient (Wildman–Crippen LogP) is 3.89. The molecule has 0 aliphatic rings. The van der Waals surface area contributed by atoms with E-state index in [1.54, 1.807) is 6.07 Å². The van der Waals surface area contributed by atoms with E-state index in [0.29, 0.717) is 11.7 Å². The highest BCUT2D eigenvalue weighted by Gasteiger charge is 2.19. The Morgan fingerprint density at radius 1 is 1.21 bits per heavy atom. The summed E-state index contributed by atoms with van der Waals surface area (Å²) in [6.45, 7) is 6.94. The van der Waals surface area contributed by atoms with E-state index < -0.39 is 5.85 Å². The van der Waals surface area contributed by atoms with Crippen molar-refractivity contribution in [1.82, 2.24) is 0 Å². The van der Waals surface area contributed by atoms with Crippen molar-refractivity contribution in [2.24, 2.45) is 0 Å². The monoisotopic (exact) mass is 196 g/mol. The van der Waals surface area contributed by atoms with Gasteiger partial charge in [0.15, 0.2) is 0 Å². The highest BCUT2D eigenvalue weighted by molar-refractivity contribution is 5.35. The molecular weight excluding hydrogens is 179 g/mol. The summed E-state index contributed by atoms with van der Waals surface area (Å²) in [5, 5.41) is 0. The topological polar surface area (TPSA) is 9.23 Å². The van der Waals surface area contributed by atoms with E-state index in [1.165, 1.54) is 13.8 Å². The van der Waals surface area contributed by atoms with Crippen molar-refractivity contribution >= 4 is 0 Å². The van der Waals surface area contributed by atoms with Crippen LogP contribution in [-0.2, 0) is 0 Å². The van der Waals surface area contributed by atoms with E-state index in [4.69, 9.17) is 4.74 Å². The molecule has 0 aliphatic heterocycles. The van der Waals surface area contributed by atoms with Crippen LogP contribution in [0.5, 0.6) is 5.75 Å². The van der Waals surface area contributed by atoms with Gasteiger partial charge in [-0.3, -0.25) is 0 Å². The summed E-state index contributed by atoms with van der Waals surface area (Å²) in [4.78, 5) is 0. The highest BCUT2D eigenvalue weighted by Crippen LogP contribution is 2.29. The lowest BCUT2D eigenvalue weighted by Crippen LogP contribution is -2.21. The first-order valence-electron chi connectivity index (χ1n) is 4.87. The largest absolute Gasteiger partial charge is 0.458 e. The third-order valence-corrected chi connectivity index (χ3v) is 1.89. The summed E-state index contributed by atoms with van der Waals surface area (Å²) in [7, 11) is 0. The molecule has 2 heteroatoms. The van der Waals surface area contributed by atoms with Gasteiger partial charge in [0, 0.05) is 13.8 Å². The lowest BCUT2D eigenvalue weighted by Gasteiger charge is -2.20. The number of rotatable bonds is 3. The van der Waals surface area contributed by atoms with Crippen molar-refractivity contribution in [2.75, 3.05) is 0 Å². The van der Waals surface area contributed by atoms with Crippen LogP contribution in [0.3, 0.4) is 0 Å². The lowest BCUT2D eigenvalue weighted by molar-refractivity contribution is -0.0265. The zero-order valence-electron chi connectivity index (χ0n) is 9.17. The smallest absolute Gasteiger partial charge is 0.242 e. The minimum Gasteiger partial charge on any atom is -0.458 e. The molecule has 1 aromatic carbocycles. The van der Waals surface area contributed by atoms with Crippen molar-refractivity contribution in [3.8, 4) is 5.75 Å². The molecular formula is C12H17FO. The van der Waals surface area contributed by atoms with Gasteiger partial charge >= 0.3 is 0 Å². The second kappa shape index (κ2) is 3.99. The van der Waals surface area contributed by atoms with E-state index >= 15 is 0 Å². The Kier molecular flexibility index (Phi) is 3.14. The van der Waals surface area contributed by atoms with Gasteiger partial charge in [-0.1, -0.05) is 32.0 Å². The van der Waals surface area contributed by atoms with E-state index in [2.05, 4.69) is 13.8 Å². The molecule has 0 heterocycles. The molecule has 78 valence electrons. The number of hydrogen-bond acceptors (Lipinski definition) is 1. The number of ether oxygens (including phenoxy) is 1. The fourth-order valence-electron chi connectivity index (χ4n) is 1.31. The lowest BCUT2D eigenvalue weighted by atomic mass is 10.0. The van der Waals surface area contributed by atoms with E-state index in [1.807, 2.05) is 18.2 Å². The van der Waals surface area contributed by atoms with Gasteiger partial charge in [-0.2, -0.15) is 4.39 Å². The fraction of sp³-hybridized carbons (Fsp3) is 0.500. The molecule has 0 spiro atoms. The van der Waals surface area contributed by atoms with Gasteiger partial charge in [-0.25, -0.2) is 0 Å². The van der Waals surface area contributed by atoms with Crippen molar-refractivity contribution in [3.63, 3.8) is 0 Å². The maximum atomic E-state index is 13.3. The van der Waals surface area contributed by atoms with Gasteiger partial charge in [0.05, 0.1) is 0 Å². The van der Waals surface area contributed by atoms with Crippen LogP contribution in [0.2, 0.25) is 0 Å². The predicted molar refractivity (Wildman–Crippen MR) is 56.3 cm³/mol. The van der Waals surface area contributed by atoms with Crippen LogP contribution in [0.4, 0.5) is 4.39 Å². The fourth-order valence-corrected chi connectivity index (χ4v) is 1.31. The van der Waals surface area contributed by atoms with Gasteiger partial charge in [0.1, 0.15) is 5.75 Å². The Balaban J connectivity index is 2.96. The number of benzene rings is 1. The Morgan fingerprint density at radius 2 is 1.79 bits per heavy atom. The molecule has 0 fully saturated rings. The molecule has 0 radical (unpaired) electrons. The normalized spacial score (nSPS) is 11.9. The number of alkyl halides is 1. The van der Waals surface area contributed by atoms with E-state index in [-0.39, 0.29) is 0 Å². The van der Waals surface area contributed by atoms with Crippen molar-refractivity contribution < 1.29 is 9.13 Å². The van der Waals surface area contributed by atoms with Crippen LogP contribution < -0.4 is 4.74 Å². The van der Waals surface area contributed by atoms with Crippen LogP contribution in [0.25, 0.3) is 0 Å². The third kappa shape index (κ3) is 3.02. The van der Waals surface area contributed by atoms with E-state index in [0.717, 1.165) is 5.56 Å². The Morgan fingerprint density at radius 3 is 2.29 bits per heavy atom. The minimum absolute atomic E-state index is 0.341. The molecule has 0 saturated heterocycles. The van der Waals surface area contributed by atoms with Gasteiger partial charge in [-0.15, -0.1) is 0 Å². The van der Waals surface area contributed by atoms with Crippen LogP contribution >= 0.6 is 0 Å². The molecule has 1 nitrogen and oxygen atoms in total. The SMILES string of the molecule is CC(C)c1ccccc1OC(C)(C)F. The summed E-state index contributed by atoms with van der Waals surface area (Å²) in [6.07, 6.45) is 0.